The average Bonchev–Trinajstić information content (AvgIpc) is 2.99. The van der Waals surface area contributed by atoms with Gasteiger partial charge in [0.2, 0.25) is 0 Å². The Kier molecular flexibility index (Phi) is 10.0. The van der Waals surface area contributed by atoms with Crippen molar-refractivity contribution in [2.45, 2.75) is 92.7 Å². The molecule has 1 amide bonds. The number of nitrogens with zero attached hydrogens (tertiary/aromatic N) is 5. The monoisotopic (exact) mass is 675 g/mol. The summed E-state index contributed by atoms with van der Waals surface area (Å²) in [6.45, 7) is 18.5. The molecule has 1 N–H and O–H groups in total. The van der Waals surface area contributed by atoms with Crippen LogP contribution in [0.5, 0.6) is 5.75 Å². The molecule has 0 bridgehead atoms. The van der Waals surface area contributed by atoms with Crippen molar-refractivity contribution in [1.82, 2.24) is 19.4 Å². The minimum Gasteiger partial charge on any atom is -0.507 e. The van der Waals surface area contributed by atoms with Gasteiger partial charge in [-0.3, -0.25) is 0 Å². The van der Waals surface area contributed by atoms with Crippen molar-refractivity contribution in [2.24, 2.45) is 5.92 Å². The van der Waals surface area contributed by atoms with Crippen LogP contribution in [0.25, 0.3) is 28.0 Å². The zero-order chi connectivity index (χ0) is 35.9. The Morgan fingerprint density at radius 1 is 1.06 bits per heavy atom. The molecule has 1 atom stereocenters. The van der Waals surface area contributed by atoms with Crippen molar-refractivity contribution in [3.8, 4) is 22.7 Å². The fraction of sp³-hybridized carbons (Fsp3) is 0.474. The number of piperazine rings is 1. The van der Waals surface area contributed by atoms with Crippen molar-refractivity contribution in [2.75, 3.05) is 24.5 Å². The maximum Gasteiger partial charge on any atom is 0.410 e. The van der Waals surface area contributed by atoms with E-state index in [0.717, 1.165) is 35.6 Å². The number of hydrogen-bond donors (Lipinski definition) is 1. The molecule has 0 saturated carbocycles. The zero-order valence-corrected chi connectivity index (χ0v) is 29.9. The number of fused-ring (bicyclic) bond motifs is 1. The second-order valence-corrected chi connectivity index (χ2v) is 14.8. The molecule has 4 aromatic rings. The topological polar surface area (TPSA) is 101 Å². The molecule has 1 aliphatic rings. The van der Waals surface area contributed by atoms with Gasteiger partial charge < -0.3 is 19.6 Å². The first-order valence-corrected chi connectivity index (χ1v) is 17.0. The SMILES string of the molecule is Cc1cc(CCC(C)C)cc(C(C)C)c1-n1c(=O)nc(N2CCN(C(=O)OC(C)(C)C)C[C@@H]2C)c2cc(F)c(-c3c(O)cccc3F)nc21. The van der Waals surface area contributed by atoms with Gasteiger partial charge in [-0.2, -0.15) is 4.98 Å². The van der Waals surface area contributed by atoms with Gasteiger partial charge in [0.05, 0.1) is 16.6 Å². The largest absolute Gasteiger partial charge is 0.507 e. The number of anilines is 1. The molecule has 11 heteroatoms. The number of phenols is 1. The number of phenolic OH excluding ortho intramolecular Hbond substituents is 1. The van der Waals surface area contributed by atoms with E-state index in [1.54, 1.807) is 25.7 Å². The van der Waals surface area contributed by atoms with E-state index in [2.05, 4.69) is 35.9 Å². The van der Waals surface area contributed by atoms with Crippen LogP contribution >= 0.6 is 0 Å². The molecular weight excluding hydrogens is 628 g/mol. The number of rotatable bonds is 7. The lowest BCUT2D eigenvalue weighted by molar-refractivity contribution is 0.0218. The summed E-state index contributed by atoms with van der Waals surface area (Å²) in [6, 6.07) is 8.75. The smallest absolute Gasteiger partial charge is 0.410 e. The lowest BCUT2D eigenvalue weighted by Gasteiger charge is -2.41. The summed E-state index contributed by atoms with van der Waals surface area (Å²) in [6.07, 6.45) is 1.44. The van der Waals surface area contributed by atoms with Crippen LogP contribution in [0.3, 0.4) is 0 Å². The molecule has 1 saturated heterocycles. The molecule has 0 radical (unpaired) electrons. The predicted molar refractivity (Wildman–Crippen MR) is 189 cm³/mol. The van der Waals surface area contributed by atoms with E-state index >= 15 is 8.78 Å². The summed E-state index contributed by atoms with van der Waals surface area (Å²) in [7, 11) is 0. The molecule has 262 valence electrons. The quantitative estimate of drug-likeness (QED) is 0.213. The lowest BCUT2D eigenvalue weighted by Crippen LogP contribution is -2.55. The molecule has 3 heterocycles. The van der Waals surface area contributed by atoms with Gasteiger partial charge in [0.25, 0.3) is 0 Å². The molecule has 2 aromatic carbocycles. The predicted octanol–water partition coefficient (Wildman–Crippen LogP) is 7.90. The van der Waals surface area contributed by atoms with Gasteiger partial charge in [0.15, 0.2) is 11.5 Å². The molecule has 0 unspecified atom stereocenters. The number of aryl methyl sites for hydroxylation is 2. The van der Waals surface area contributed by atoms with Gasteiger partial charge in [-0.25, -0.2) is 27.9 Å². The maximum absolute atomic E-state index is 16.1. The van der Waals surface area contributed by atoms with Crippen molar-refractivity contribution in [3.05, 3.63) is 75.2 Å². The molecule has 49 heavy (non-hydrogen) atoms. The Hall–Kier alpha value is -4.54. The number of hydrogen-bond acceptors (Lipinski definition) is 7. The number of ether oxygens (including phenoxy) is 1. The molecular formula is C38H47F2N5O4. The lowest BCUT2D eigenvalue weighted by atomic mass is 9.92. The molecule has 1 fully saturated rings. The molecule has 9 nitrogen and oxygen atoms in total. The standard InChI is InChI=1S/C38H47F2N5O4/c1-21(2)13-14-25-17-23(5)33(26(18-25)22(3)4)45-35-27(19-29(40)32(41-35)31-28(39)11-10-12-30(31)46)34(42-36(45)47)44-16-15-43(20-24(44)6)37(48)49-38(7,8)9/h10-12,17-19,21-22,24,46H,13-16,20H2,1-9H3/t24-/m0/s1. The highest BCUT2D eigenvalue weighted by atomic mass is 19.1. The van der Waals surface area contributed by atoms with E-state index in [0.29, 0.717) is 18.2 Å². The maximum atomic E-state index is 16.1. The van der Waals surface area contributed by atoms with E-state index in [4.69, 9.17) is 4.74 Å². The van der Waals surface area contributed by atoms with Gasteiger partial charge in [0, 0.05) is 25.7 Å². The van der Waals surface area contributed by atoms with E-state index in [9.17, 15) is 14.7 Å². The van der Waals surface area contributed by atoms with E-state index in [-0.39, 0.29) is 41.9 Å². The third-order valence-electron chi connectivity index (χ3n) is 8.83. The zero-order valence-electron chi connectivity index (χ0n) is 29.9. The summed E-state index contributed by atoms with van der Waals surface area (Å²) in [5.74, 6) is -1.48. The molecule has 5 rings (SSSR count). The molecule has 2 aromatic heterocycles. The third-order valence-corrected chi connectivity index (χ3v) is 8.83. The van der Waals surface area contributed by atoms with Crippen molar-refractivity contribution < 1.29 is 23.4 Å². The van der Waals surface area contributed by atoms with Crippen LogP contribution < -0.4 is 10.6 Å². The Morgan fingerprint density at radius 3 is 2.39 bits per heavy atom. The number of benzene rings is 2. The summed E-state index contributed by atoms with van der Waals surface area (Å²) < 4.78 is 38.2. The Bertz CT molecular complexity index is 1930. The molecule has 0 aliphatic carbocycles. The first kappa shape index (κ1) is 35.8. The van der Waals surface area contributed by atoms with Gasteiger partial charge in [-0.15, -0.1) is 0 Å². The van der Waals surface area contributed by atoms with Gasteiger partial charge >= 0.3 is 11.8 Å². The minimum atomic E-state index is -0.883. The van der Waals surface area contributed by atoms with Crippen molar-refractivity contribution in [3.63, 3.8) is 0 Å². The number of aromatic hydroxyl groups is 1. The third kappa shape index (κ3) is 7.40. The Morgan fingerprint density at radius 2 is 1.78 bits per heavy atom. The van der Waals surface area contributed by atoms with Crippen LogP contribution in [0, 0.1) is 24.5 Å². The highest BCUT2D eigenvalue weighted by Gasteiger charge is 2.33. The highest BCUT2D eigenvalue weighted by molar-refractivity contribution is 5.91. The van der Waals surface area contributed by atoms with Gasteiger partial charge in [0.1, 0.15) is 28.7 Å². The van der Waals surface area contributed by atoms with Crippen LogP contribution in [0.1, 0.15) is 84.4 Å². The summed E-state index contributed by atoms with van der Waals surface area (Å²) >= 11 is 0. The van der Waals surface area contributed by atoms with Crippen LogP contribution in [0.4, 0.5) is 19.4 Å². The van der Waals surface area contributed by atoms with E-state index < -0.39 is 46.0 Å². The highest BCUT2D eigenvalue weighted by Crippen LogP contribution is 2.37. The fourth-order valence-electron chi connectivity index (χ4n) is 6.44. The van der Waals surface area contributed by atoms with Crippen molar-refractivity contribution in [1.29, 1.82) is 0 Å². The summed E-state index contributed by atoms with van der Waals surface area (Å²) in [5, 5.41) is 10.9. The first-order chi connectivity index (χ1) is 23.0. The summed E-state index contributed by atoms with van der Waals surface area (Å²) in [4.78, 5) is 39.8. The molecule has 1 aliphatic heterocycles. The van der Waals surface area contributed by atoms with Crippen LogP contribution in [-0.2, 0) is 11.2 Å². The number of pyridine rings is 1. The second kappa shape index (κ2) is 13.8. The minimum absolute atomic E-state index is 0.00538. The normalized spacial score (nSPS) is 15.5. The number of aromatic nitrogens is 3. The van der Waals surface area contributed by atoms with Gasteiger partial charge in [-0.05, 0) is 94.2 Å². The Balaban J connectivity index is 1.74. The van der Waals surface area contributed by atoms with E-state index in [1.165, 1.54) is 22.8 Å². The van der Waals surface area contributed by atoms with Crippen LogP contribution in [0.2, 0.25) is 0 Å². The number of carbonyl (C=O) groups is 1. The number of halogens is 2. The Labute approximate surface area is 286 Å². The van der Waals surface area contributed by atoms with E-state index in [1.807, 2.05) is 32.6 Å². The van der Waals surface area contributed by atoms with Crippen LogP contribution in [0.15, 0.2) is 41.2 Å². The first-order valence-electron chi connectivity index (χ1n) is 17.0. The number of carbonyl (C=O) groups excluding carboxylic acids is 1. The number of amides is 1. The fourth-order valence-corrected chi connectivity index (χ4v) is 6.44. The summed E-state index contributed by atoms with van der Waals surface area (Å²) in [5.41, 5.74) is 1.42. The second-order valence-electron chi connectivity index (χ2n) is 14.8. The van der Waals surface area contributed by atoms with Crippen molar-refractivity contribution >= 4 is 22.9 Å². The molecule has 0 spiro atoms. The average molecular weight is 676 g/mol. The van der Waals surface area contributed by atoms with Crippen LogP contribution in [-0.4, -0.2) is 61.9 Å². The van der Waals surface area contributed by atoms with Gasteiger partial charge in [-0.1, -0.05) is 45.9 Å².